The van der Waals surface area contributed by atoms with Crippen molar-refractivity contribution in [2.24, 2.45) is 0 Å². The van der Waals surface area contributed by atoms with E-state index < -0.39 is 11.2 Å². The highest BCUT2D eigenvalue weighted by atomic mass is 16.7. The van der Waals surface area contributed by atoms with Gasteiger partial charge in [-0.25, -0.2) is 0 Å². The van der Waals surface area contributed by atoms with Crippen LogP contribution < -0.4 is 0 Å². The second-order valence-electron chi connectivity index (χ2n) is 3.55. The van der Waals surface area contributed by atoms with Crippen LogP contribution in [0.4, 0.5) is 5.69 Å². The summed E-state index contributed by atoms with van der Waals surface area (Å²) in [6.45, 7) is 4.66. The molecule has 5 nitrogen and oxygen atoms in total. The van der Waals surface area contributed by atoms with Crippen LogP contribution in [0.3, 0.4) is 0 Å². The predicted octanol–water partition coefficient (Wildman–Crippen LogP) is 2.20. The van der Waals surface area contributed by atoms with Gasteiger partial charge in [0.1, 0.15) is 0 Å². The van der Waals surface area contributed by atoms with Crippen LogP contribution in [-0.4, -0.2) is 18.1 Å². The highest BCUT2D eigenvalue weighted by molar-refractivity contribution is 5.33. The summed E-state index contributed by atoms with van der Waals surface area (Å²) < 4.78 is 10.8. The lowest BCUT2D eigenvalue weighted by Gasteiger charge is -2.24. The van der Waals surface area contributed by atoms with Crippen molar-refractivity contribution in [2.75, 3.05) is 13.2 Å². The zero-order chi connectivity index (χ0) is 11.5. The molecule has 0 atom stereocenters. The Bertz CT molecular complexity index is 402. The zero-order valence-corrected chi connectivity index (χ0v) is 8.59. The van der Waals surface area contributed by atoms with Crippen molar-refractivity contribution in [1.82, 2.24) is 0 Å². The lowest BCUT2D eigenvalue weighted by molar-refractivity contribution is -0.384. The Hall–Kier alpha value is -1.72. The fourth-order valence-electron chi connectivity index (χ4n) is 1.42. The molecular formula is C11H11NO4. The molecule has 84 valence electrons. The van der Waals surface area contributed by atoms with Gasteiger partial charge in [0.05, 0.1) is 18.1 Å². The van der Waals surface area contributed by atoms with Crippen LogP contribution in [-0.2, 0) is 9.47 Å². The SMILES string of the molecule is C=C1COC(c2ccc([N+](=O)[O-])cc2)OC1. The summed E-state index contributed by atoms with van der Waals surface area (Å²) in [5.41, 5.74) is 1.72. The van der Waals surface area contributed by atoms with Crippen molar-refractivity contribution < 1.29 is 14.4 Å². The summed E-state index contributed by atoms with van der Waals surface area (Å²) in [6.07, 6.45) is -0.452. The monoisotopic (exact) mass is 221 g/mol. The van der Waals surface area contributed by atoms with Crippen LogP contribution in [0.1, 0.15) is 11.9 Å². The van der Waals surface area contributed by atoms with Gasteiger partial charge in [0.2, 0.25) is 0 Å². The van der Waals surface area contributed by atoms with Crippen LogP contribution in [0.5, 0.6) is 0 Å². The largest absolute Gasteiger partial charge is 0.344 e. The second kappa shape index (κ2) is 4.42. The average molecular weight is 221 g/mol. The number of rotatable bonds is 2. The first kappa shape index (κ1) is 10.8. The first-order valence-electron chi connectivity index (χ1n) is 4.81. The Balaban J connectivity index is 2.10. The number of nitrogens with zero attached hydrogens (tertiary/aromatic N) is 1. The van der Waals surface area contributed by atoms with Gasteiger partial charge < -0.3 is 9.47 Å². The van der Waals surface area contributed by atoms with E-state index in [-0.39, 0.29) is 5.69 Å². The Morgan fingerprint density at radius 2 is 1.81 bits per heavy atom. The standard InChI is InChI=1S/C11H11NO4/c1-8-6-15-11(16-7-8)9-2-4-10(5-3-9)12(13)14/h2-5,11H,1,6-7H2. The van der Waals surface area contributed by atoms with Crippen molar-refractivity contribution in [3.05, 3.63) is 52.1 Å². The van der Waals surface area contributed by atoms with Gasteiger partial charge in [-0.05, 0) is 17.7 Å². The van der Waals surface area contributed by atoms with Crippen LogP contribution in [0.25, 0.3) is 0 Å². The summed E-state index contributed by atoms with van der Waals surface area (Å²) in [6, 6.07) is 6.14. The molecule has 0 spiro atoms. The van der Waals surface area contributed by atoms with Crippen molar-refractivity contribution in [3.8, 4) is 0 Å². The van der Waals surface area contributed by atoms with Gasteiger partial charge in [-0.15, -0.1) is 0 Å². The Kier molecular flexibility index (Phi) is 2.98. The number of ether oxygens (including phenoxy) is 2. The smallest absolute Gasteiger partial charge is 0.269 e. The maximum absolute atomic E-state index is 10.5. The van der Waals surface area contributed by atoms with Gasteiger partial charge in [-0.2, -0.15) is 0 Å². The van der Waals surface area contributed by atoms with Gasteiger partial charge >= 0.3 is 0 Å². The van der Waals surface area contributed by atoms with Gasteiger partial charge in [0.25, 0.3) is 5.69 Å². The van der Waals surface area contributed by atoms with Crippen molar-refractivity contribution in [2.45, 2.75) is 6.29 Å². The van der Waals surface area contributed by atoms with Crippen LogP contribution in [0.2, 0.25) is 0 Å². The van der Waals surface area contributed by atoms with Crippen molar-refractivity contribution in [1.29, 1.82) is 0 Å². The molecular weight excluding hydrogens is 210 g/mol. The van der Waals surface area contributed by atoms with Crippen LogP contribution >= 0.6 is 0 Å². The maximum atomic E-state index is 10.5. The van der Waals surface area contributed by atoms with Gasteiger partial charge in [-0.1, -0.05) is 6.58 Å². The fraction of sp³-hybridized carbons (Fsp3) is 0.273. The number of non-ortho nitro benzene ring substituents is 1. The van der Waals surface area contributed by atoms with Crippen molar-refractivity contribution in [3.63, 3.8) is 0 Å². The molecule has 1 heterocycles. The third kappa shape index (κ3) is 2.26. The Morgan fingerprint density at radius 3 is 2.31 bits per heavy atom. The summed E-state index contributed by atoms with van der Waals surface area (Å²) in [7, 11) is 0. The lowest BCUT2D eigenvalue weighted by atomic mass is 10.2. The molecule has 1 aromatic carbocycles. The molecule has 1 aliphatic heterocycles. The molecule has 0 radical (unpaired) electrons. The van der Waals surface area contributed by atoms with Gasteiger partial charge in [0.15, 0.2) is 6.29 Å². The number of nitro groups is 1. The van der Waals surface area contributed by atoms with Crippen molar-refractivity contribution >= 4 is 5.69 Å². The van der Waals surface area contributed by atoms with E-state index in [4.69, 9.17) is 9.47 Å². The van der Waals surface area contributed by atoms with E-state index in [2.05, 4.69) is 6.58 Å². The summed E-state index contributed by atoms with van der Waals surface area (Å²) in [4.78, 5) is 10.0. The normalized spacial score (nSPS) is 17.4. The lowest BCUT2D eigenvalue weighted by Crippen LogP contribution is -2.19. The minimum atomic E-state index is -0.452. The molecule has 2 rings (SSSR count). The van der Waals surface area contributed by atoms with E-state index in [1.807, 2.05) is 0 Å². The highest BCUT2D eigenvalue weighted by Gasteiger charge is 2.19. The van der Waals surface area contributed by atoms with E-state index in [0.29, 0.717) is 13.2 Å². The number of nitro benzene ring substituents is 1. The number of benzene rings is 1. The van der Waals surface area contributed by atoms with E-state index >= 15 is 0 Å². The third-order valence-corrected chi connectivity index (χ3v) is 2.25. The third-order valence-electron chi connectivity index (χ3n) is 2.25. The molecule has 1 aromatic rings. The molecule has 0 aliphatic carbocycles. The summed E-state index contributed by atoms with van der Waals surface area (Å²) in [5, 5.41) is 10.5. The molecule has 0 unspecified atom stereocenters. The molecule has 1 fully saturated rings. The Morgan fingerprint density at radius 1 is 1.25 bits per heavy atom. The average Bonchev–Trinajstić information content (AvgIpc) is 2.30. The molecule has 16 heavy (non-hydrogen) atoms. The molecule has 0 saturated carbocycles. The van der Waals surface area contributed by atoms with Gasteiger partial charge in [-0.3, -0.25) is 10.1 Å². The molecule has 1 aliphatic rings. The maximum Gasteiger partial charge on any atom is 0.269 e. The summed E-state index contributed by atoms with van der Waals surface area (Å²) in [5.74, 6) is 0. The van der Waals surface area contributed by atoms with E-state index in [0.717, 1.165) is 11.1 Å². The van der Waals surface area contributed by atoms with E-state index in [1.54, 1.807) is 12.1 Å². The van der Waals surface area contributed by atoms with Crippen LogP contribution in [0.15, 0.2) is 36.4 Å². The van der Waals surface area contributed by atoms with Crippen LogP contribution in [0, 0.1) is 10.1 Å². The quantitative estimate of drug-likeness (QED) is 0.436. The fourth-order valence-corrected chi connectivity index (χ4v) is 1.42. The topological polar surface area (TPSA) is 61.6 Å². The molecule has 0 amide bonds. The molecule has 0 bridgehead atoms. The minimum absolute atomic E-state index is 0.0592. The predicted molar refractivity (Wildman–Crippen MR) is 56.9 cm³/mol. The van der Waals surface area contributed by atoms with Gasteiger partial charge in [0, 0.05) is 17.7 Å². The molecule has 0 N–H and O–H groups in total. The molecule has 1 saturated heterocycles. The number of hydrogen-bond acceptors (Lipinski definition) is 4. The van der Waals surface area contributed by atoms with E-state index in [9.17, 15) is 10.1 Å². The highest BCUT2D eigenvalue weighted by Crippen LogP contribution is 2.25. The first-order chi connectivity index (χ1) is 7.66. The molecule has 0 aromatic heterocycles. The Labute approximate surface area is 92.4 Å². The second-order valence-corrected chi connectivity index (χ2v) is 3.55. The zero-order valence-electron chi connectivity index (χ0n) is 8.59. The molecule has 5 heteroatoms. The first-order valence-corrected chi connectivity index (χ1v) is 4.81. The number of hydrogen-bond donors (Lipinski definition) is 0. The minimum Gasteiger partial charge on any atom is -0.344 e. The van der Waals surface area contributed by atoms with E-state index in [1.165, 1.54) is 12.1 Å². The summed E-state index contributed by atoms with van der Waals surface area (Å²) >= 11 is 0.